The Bertz CT molecular complexity index is 523. The van der Waals surface area contributed by atoms with Crippen LogP contribution in [0.25, 0.3) is 0 Å². The van der Waals surface area contributed by atoms with E-state index in [-0.39, 0.29) is 12.1 Å². The molecule has 1 amide bonds. The standard InChI is InChI=1S/C14H17F3N2O/c1-8-6-19(7-9(2)18(8)3)14(20)10-4-5-11(15)13(17)12(10)16/h4-5,8-9H,6-7H2,1-3H3. The highest BCUT2D eigenvalue weighted by molar-refractivity contribution is 5.94. The maximum Gasteiger partial charge on any atom is 0.257 e. The van der Waals surface area contributed by atoms with Crippen molar-refractivity contribution in [3.8, 4) is 0 Å². The number of carbonyl (C=O) groups is 1. The molecule has 3 nitrogen and oxygen atoms in total. The molecule has 2 rings (SSSR count). The zero-order chi connectivity index (χ0) is 15.0. The zero-order valence-electron chi connectivity index (χ0n) is 11.7. The summed E-state index contributed by atoms with van der Waals surface area (Å²) < 4.78 is 39.8. The number of halogens is 3. The molecule has 1 fully saturated rings. The molecule has 0 N–H and O–H groups in total. The number of nitrogens with zero attached hydrogens (tertiary/aromatic N) is 2. The molecule has 0 saturated carbocycles. The molecular weight excluding hydrogens is 269 g/mol. The SMILES string of the molecule is CC1CN(C(=O)c2ccc(F)c(F)c2F)CC(C)N1C. The van der Waals surface area contributed by atoms with Gasteiger partial charge in [-0.1, -0.05) is 0 Å². The minimum absolute atomic E-state index is 0.121. The Kier molecular flexibility index (Phi) is 4.04. The van der Waals surface area contributed by atoms with E-state index in [0.29, 0.717) is 13.1 Å². The lowest BCUT2D eigenvalue weighted by molar-refractivity contribution is 0.0409. The van der Waals surface area contributed by atoms with E-state index in [2.05, 4.69) is 4.90 Å². The zero-order valence-corrected chi connectivity index (χ0v) is 11.7. The van der Waals surface area contributed by atoms with Gasteiger partial charge in [0.05, 0.1) is 5.56 Å². The largest absolute Gasteiger partial charge is 0.335 e. The average Bonchev–Trinajstić information content (AvgIpc) is 2.41. The van der Waals surface area contributed by atoms with Crippen molar-refractivity contribution in [2.24, 2.45) is 0 Å². The van der Waals surface area contributed by atoms with Gasteiger partial charge >= 0.3 is 0 Å². The summed E-state index contributed by atoms with van der Waals surface area (Å²) in [7, 11) is 1.95. The predicted octanol–water partition coefficient (Wildman–Crippen LogP) is 2.27. The van der Waals surface area contributed by atoms with E-state index in [4.69, 9.17) is 0 Å². The second-order valence-corrected chi connectivity index (χ2v) is 5.30. The maximum atomic E-state index is 13.7. The summed E-state index contributed by atoms with van der Waals surface area (Å²) in [5, 5.41) is 0. The van der Waals surface area contributed by atoms with Crippen LogP contribution in [0.4, 0.5) is 13.2 Å². The predicted molar refractivity (Wildman–Crippen MR) is 68.9 cm³/mol. The van der Waals surface area contributed by atoms with Crippen LogP contribution in [0.2, 0.25) is 0 Å². The highest BCUT2D eigenvalue weighted by atomic mass is 19.2. The average molecular weight is 286 g/mol. The highest BCUT2D eigenvalue weighted by Crippen LogP contribution is 2.20. The number of carbonyl (C=O) groups excluding carboxylic acids is 1. The fourth-order valence-corrected chi connectivity index (χ4v) is 2.43. The van der Waals surface area contributed by atoms with E-state index in [0.717, 1.165) is 12.1 Å². The quantitative estimate of drug-likeness (QED) is 0.739. The van der Waals surface area contributed by atoms with Gasteiger partial charge in [-0.2, -0.15) is 0 Å². The normalized spacial score (nSPS) is 24.0. The third-order valence-corrected chi connectivity index (χ3v) is 3.91. The minimum Gasteiger partial charge on any atom is -0.335 e. The van der Waals surface area contributed by atoms with E-state index >= 15 is 0 Å². The summed E-state index contributed by atoms with van der Waals surface area (Å²) in [6.45, 7) is 4.77. The first-order chi connectivity index (χ1) is 9.32. The molecule has 0 aromatic heterocycles. The van der Waals surface area contributed by atoms with Gasteiger partial charge in [0, 0.05) is 25.2 Å². The van der Waals surface area contributed by atoms with E-state index in [1.165, 1.54) is 4.90 Å². The summed E-state index contributed by atoms with van der Waals surface area (Å²) in [6.07, 6.45) is 0. The number of hydrogen-bond acceptors (Lipinski definition) is 2. The first-order valence-corrected chi connectivity index (χ1v) is 6.47. The van der Waals surface area contributed by atoms with Gasteiger partial charge in [-0.05, 0) is 33.0 Å². The van der Waals surface area contributed by atoms with E-state index in [1.807, 2.05) is 20.9 Å². The van der Waals surface area contributed by atoms with Crippen LogP contribution in [0, 0.1) is 17.5 Å². The van der Waals surface area contributed by atoms with Crippen LogP contribution in [0.1, 0.15) is 24.2 Å². The molecule has 20 heavy (non-hydrogen) atoms. The molecule has 1 aliphatic heterocycles. The number of hydrogen-bond donors (Lipinski definition) is 0. The number of amides is 1. The van der Waals surface area contributed by atoms with E-state index in [9.17, 15) is 18.0 Å². The van der Waals surface area contributed by atoms with Crippen LogP contribution in [0.3, 0.4) is 0 Å². The molecule has 2 unspecified atom stereocenters. The smallest absolute Gasteiger partial charge is 0.257 e. The Morgan fingerprint density at radius 1 is 1.10 bits per heavy atom. The Hall–Kier alpha value is -1.56. The molecule has 2 atom stereocenters. The van der Waals surface area contributed by atoms with Crippen LogP contribution in [-0.2, 0) is 0 Å². The molecule has 1 saturated heterocycles. The van der Waals surface area contributed by atoms with Crippen molar-refractivity contribution < 1.29 is 18.0 Å². The van der Waals surface area contributed by atoms with Crippen LogP contribution in [-0.4, -0.2) is 47.9 Å². The first kappa shape index (κ1) is 14.8. The lowest BCUT2D eigenvalue weighted by Crippen LogP contribution is -2.56. The van der Waals surface area contributed by atoms with E-state index in [1.54, 1.807) is 0 Å². The fourth-order valence-electron chi connectivity index (χ4n) is 2.43. The minimum atomic E-state index is -1.61. The summed E-state index contributed by atoms with van der Waals surface area (Å²) in [6, 6.07) is 2.00. The molecule has 110 valence electrons. The maximum absolute atomic E-state index is 13.7. The third-order valence-electron chi connectivity index (χ3n) is 3.91. The topological polar surface area (TPSA) is 23.6 Å². The van der Waals surface area contributed by atoms with Gasteiger partial charge in [0.25, 0.3) is 5.91 Å². The number of likely N-dealkylation sites (N-methyl/N-ethyl adjacent to an activating group) is 1. The summed E-state index contributed by atoms with van der Waals surface area (Å²) in [5.41, 5.74) is -0.423. The Balaban J connectivity index is 2.26. The van der Waals surface area contributed by atoms with Crippen LogP contribution >= 0.6 is 0 Å². The van der Waals surface area contributed by atoms with Gasteiger partial charge in [-0.15, -0.1) is 0 Å². The molecule has 0 aliphatic carbocycles. The highest BCUT2D eigenvalue weighted by Gasteiger charge is 2.31. The van der Waals surface area contributed by atoms with Crippen LogP contribution in [0.15, 0.2) is 12.1 Å². The van der Waals surface area contributed by atoms with Crippen molar-refractivity contribution in [3.05, 3.63) is 35.1 Å². The van der Waals surface area contributed by atoms with Gasteiger partial charge < -0.3 is 4.90 Å². The number of rotatable bonds is 1. The van der Waals surface area contributed by atoms with Crippen LogP contribution in [0.5, 0.6) is 0 Å². The second kappa shape index (κ2) is 5.44. The van der Waals surface area contributed by atoms with Crippen LogP contribution < -0.4 is 0 Å². The molecule has 0 spiro atoms. The van der Waals surface area contributed by atoms with Crippen molar-refractivity contribution in [3.63, 3.8) is 0 Å². The monoisotopic (exact) mass is 286 g/mol. The van der Waals surface area contributed by atoms with Crippen molar-refractivity contribution in [2.45, 2.75) is 25.9 Å². The Morgan fingerprint density at radius 2 is 1.65 bits per heavy atom. The first-order valence-electron chi connectivity index (χ1n) is 6.47. The molecule has 0 radical (unpaired) electrons. The van der Waals surface area contributed by atoms with Crippen molar-refractivity contribution >= 4 is 5.91 Å². The number of benzene rings is 1. The molecular formula is C14H17F3N2O. The summed E-state index contributed by atoms with van der Waals surface area (Å²) >= 11 is 0. The third kappa shape index (κ3) is 2.52. The van der Waals surface area contributed by atoms with Crippen molar-refractivity contribution in [2.75, 3.05) is 20.1 Å². The molecule has 1 aromatic rings. The number of piperazine rings is 1. The van der Waals surface area contributed by atoms with Gasteiger partial charge in [-0.3, -0.25) is 9.69 Å². The van der Waals surface area contributed by atoms with Crippen molar-refractivity contribution in [1.82, 2.24) is 9.80 Å². The van der Waals surface area contributed by atoms with Gasteiger partial charge in [0.1, 0.15) is 0 Å². The molecule has 1 aliphatic rings. The Morgan fingerprint density at radius 3 is 2.20 bits per heavy atom. The lowest BCUT2D eigenvalue weighted by atomic mass is 10.1. The molecule has 1 heterocycles. The van der Waals surface area contributed by atoms with Gasteiger partial charge in [-0.25, -0.2) is 13.2 Å². The van der Waals surface area contributed by atoms with Gasteiger partial charge in [0.15, 0.2) is 17.5 Å². The summed E-state index contributed by atoms with van der Waals surface area (Å²) in [5.74, 6) is -4.92. The second-order valence-electron chi connectivity index (χ2n) is 5.30. The fraction of sp³-hybridized carbons (Fsp3) is 0.500. The van der Waals surface area contributed by atoms with Crippen molar-refractivity contribution in [1.29, 1.82) is 0 Å². The van der Waals surface area contributed by atoms with Gasteiger partial charge in [0.2, 0.25) is 0 Å². The molecule has 6 heteroatoms. The molecule has 0 bridgehead atoms. The molecule has 1 aromatic carbocycles. The van der Waals surface area contributed by atoms with E-state index < -0.39 is 28.9 Å². The lowest BCUT2D eigenvalue weighted by Gasteiger charge is -2.42. The summed E-state index contributed by atoms with van der Waals surface area (Å²) in [4.78, 5) is 15.9. The Labute approximate surface area is 116 Å².